The number of anilines is 2. The van der Waals surface area contributed by atoms with Crippen LogP contribution in [0.3, 0.4) is 0 Å². The molecule has 0 saturated carbocycles. The molecular formula is C12H15N5O. The Morgan fingerprint density at radius 3 is 2.61 bits per heavy atom. The van der Waals surface area contributed by atoms with Gasteiger partial charge < -0.3 is 21.4 Å². The molecular weight excluding hydrogens is 230 g/mol. The maximum atomic E-state index is 11.8. The second-order valence-electron chi connectivity index (χ2n) is 3.94. The van der Waals surface area contributed by atoms with Gasteiger partial charge in [-0.15, -0.1) is 0 Å². The van der Waals surface area contributed by atoms with Gasteiger partial charge in [-0.05, 0) is 18.2 Å². The third-order valence-corrected chi connectivity index (χ3v) is 2.45. The molecule has 0 saturated heterocycles. The van der Waals surface area contributed by atoms with Crippen LogP contribution in [-0.2, 0) is 6.54 Å². The zero-order chi connectivity index (χ0) is 13.0. The highest BCUT2D eigenvalue weighted by atomic mass is 16.1. The molecule has 0 fully saturated rings. The van der Waals surface area contributed by atoms with Crippen molar-refractivity contribution in [3.05, 3.63) is 42.5 Å². The van der Waals surface area contributed by atoms with Crippen LogP contribution in [0.5, 0.6) is 0 Å². The second-order valence-corrected chi connectivity index (χ2v) is 3.94. The molecule has 1 amide bonds. The van der Waals surface area contributed by atoms with E-state index in [1.165, 1.54) is 0 Å². The summed E-state index contributed by atoms with van der Waals surface area (Å²) in [6, 6.07) is 4.81. The van der Waals surface area contributed by atoms with Crippen molar-refractivity contribution >= 4 is 17.3 Å². The normalized spacial score (nSPS) is 10.2. The summed E-state index contributed by atoms with van der Waals surface area (Å²) in [5, 5.41) is 2.79. The molecule has 1 heterocycles. The van der Waals surface area contributed by atoms with Crippen molar-refractivity contribution in [1.82, 2.24) is 14.9 Å². The van der Waals surface area contributed by atoms with Gasteiger partial charge in [-0.3, -0.25) is 4.79 Å². The zero-order valence-corrected chi connectivity index (χ0v) is 9.84. The van der Waals surface area contributed by atoms with Crippen LogP contribution in [-0.4, -0.2) is 22.0 Å². The number of amides is 1. The van der Waals surface area contributed by atoms with Crippen LogP contribution in [0.1, 0.15) is 10.4 Å². The van der Waals surface area contributed by atoms with Crippen molar-refractivity contribution in [2.75, 3.05) is 18.0 Å². The number of benzene rings is 1. The van der Waals surface area contributed by atoms with Crippen LogP contribution in [0.25, 0.3) is 0 Å². The summed E-state index contributed by atoms with van der Waals surface area (Å²) in [5.74, 6) is -0.186. The standard InChI is InChI=1S/C12H15N5O/c13-10-5-9(6-11(14)7-10)12(18)16-2-4-17-3-1-15-8-17/h1,3,5-8H,2,4,13-14H2,(H,16,18). The van der Waals surface area contributed by atoms with Gasteiger partial charge >= 0.3 is 0 Å². The monoisotopic (exact) mass is 245 g/mol. The van der Waals surface area contributed by atoms with Crippen LogP contribution in [0, 0.1) is 0 Å². The maximum Gasteiger partial charge on any atom is 0.251 e. The molecule has 18 heavy (non-hydrogen) atoms. The Kier molecular flexibility index (Phi) is 3.47. The Morgan fingerprint density at radius 1 is 1.28 bits per heavy atom. The molecule has 0 spiro atoms. The van der Waals surface area contributed by atoms with E-state index in [0.29, 0.717) is 30.0 Å². The van der Waals surface area contributed by atoms with Crippen molar-refractivity contribution in [1.29, 1.82) is 0 Å². The quantitative estimate of drug-likeness (QED) is 0.682. The van der Waals surface area contributed by atoms with Gasteiger partial charge in [0.15, 0.2) is 0 Å². The van der Waals surface area contributed by atoms with E-state index in [1.54, 1.807) is 30.7 Å². The van der Waals surface area contributed by atoms with Gasteiger partial charge in [0.2, 0.25) is 0 Å². The Morgan fingerprint density at radius 2 is 2.00 bits per heavy atom. The first-order valence-corrected chi connectivity index (χ1v) is 5.55. The van der Waals surface area contributed by atoms with Crippen molar-refractivity contribution in [2.45, 2.75) is 6.54 Å². The van der Waals surface area contributed by atoms with Crippen molar-refractivity contribution in [3.8, 4) is 0 Å². The number of carbonyl (C=O) groups is 1. The number of hydrogen-bond donors (Lipinski definition) is 3. The number of nitrogen functional groups attached to an aromatic ring is 2. The molecule has 1 aromatic heterocycles. The van der Waals surface area contributed by atoms with E-state index in [9.17, 15) is 4.79 Å². The minimum Gasteiger partial charge on any atom is -0.399 e. The Labute approximate surface area is 105 Å². The fraction of sp³-hybridized carbons (Fsp3) is 0.167. The van der Waals surface area contributed by atoms with E-state index >= 15 is 0 Å². The molecule has 6 nitrogen and oxygen atoms in total. The van der Waals surface area contributed by atoms with E-state index in [0.717, 1.165) is 0 Å². The third kappa shape index (κ3) is 3.00. The highest BCUT2D eigenvalue weighted by molar-refractivity contribution is 5.96. The lowest BCUT2D eigenvalue weighted by Crippen LogP contribution is -2.27. The average Bonchev–Trinajstić information content (AvgIpc) is 2.80. The number of nitrogens with two attached hydrogens (primary N) is 2. The molecule has 0 atom stereocenters. The van der Waals surface area contributed by atoms with Gasteiger partial charge in [0.05, 0.1) is 6.33 Å². The lowest BCUT2D eigenvalue weighted by Gasteiger charge is -2.07. The van der Waals surface area contributed by atoms with Crippen LogP contribution < -0.4 is 16.8 Å². The first-order chi connectivity index (χ1) is 8.65. The molecule has 0 radical (unpaired) electrons. The van der Waals surface area contributed by atoms with E-state index in [-0.39, 0.29) is 5.91 Å². The topological polar surface area (TPSA) is 99.0 Å². The summed E-state index contributed by atoms with van der Waals surface area (Å²) in [4.78, 5) is 15.7. The Bertz CT molecular complexity index is 515. The maximum absolute atomic E-state index is 11.8. The first-order valence-electron chi connectivity index (χ1n) is 5.55. The highest BCUT2D eigenvalue weighted by Gasteiger charge is 2.06. The molecule has 2 aromatic rings. The molecule has 0 unspecified atom stereocenters. The van der Waals surface area contributed by atoms with Gasteiger partial charge in [0.1, 0.15) is 0 Å². The Balaban J connectivity index is 1.91. The second kappa shape index (κ2) is 5.22. The smallest absolute Gasteiger partial charge is 0.251 e. The molecule has 0 aliphatic rings. The summed E-state index contributed by atoms with van der Waals surface area (Å²) in [6.45, 7) is 1.19. The van der Waals surface area contributed by atoms with Crippen LogP contribution in [0.2, 0.25) is 0 Å². The summed E-state index contributed by atoms with van der Waals surface area (Å²) >= 11 is 0. The number of hydrogen-bond acceptors (Lipinski definition) is 4. The molecule has 0 aliphatic carbocycles. The molecule has 6 heteroatoms. The lowest BCUT2D eigenvalue weighted by molar-refractivity contribution is 0.0952. The minimum absolute atomic E-state index is 0.186. The molecule has 94 valence electrons. The van der Waals surface area contributed by atoms with Crippen LogP contribution in [0.4, 0.5) is 11.4 Å². The number of rotatable bonds is 4. The number of carbonyl (C=O) groups excluding carboxylic acids is 1. The van der Waals surface area contributed by atoms with Crippen molar-refractivity contribution < 1.29 is 4.79 Å². The SMILES string of the molecule is Nc1cc(N)cc(C(=O)NCCn2ccnc2)c1. The first kappa shape index (κ1) is 12.0. The van der Waals surface area contributed by atoms with E-state index in [1.807, 2.05) is 10.8 Å². The van der Waals surface area contributed by atoms with E-state index in [2.05, 4.69) is 10.3 Å². The number of nitrogens with one attached hydrogen (secondary N) is 1. The molecule has 0 bridgehead atoms. The lowest BCUT2D eigenvalue weighted by atomic mass is 10.1. The van der Waals surface area contributed by atoms with Gasteiger partial charge in [0.25, 0.3) is 5.91 Å². The third-order valence-electron chi connectivity index (χ3n) is 2.45. The van der Waals surface area contributed by atoms with Gasteiger partial charge in [-0.2, -0.15) is 0 Å². The van der Waals surface area contributed by atoms with Crippen LogP contribution >= 0.6 is 0 Å². The molecule has 2 rings (SSSR count). The number of aromatic nitrogens is 2. The zero-order valence-electron chi connectivity index (χ0n) is 9.84. The largest absolute Gasteiger partial charge is 0.399 e. The van der Waals surface area contributed by atoms with E-state index in [4.69, 9.17) is 11.5 Å². The Hall–Kier alpha value is -2.50. The summed E-state index contributed by atoms with van der Waals surface area (Å²) in [5.41, 5.74) is 12.7. The fourth-order valence-electron chi connectivity index (χ4n) is 1.63. The molecule has 5 N–H and O–H groups in total. The number of nitrogens with zero attached hydrogens (tertiary/aromatic N) is 2. The number of imidazole rings is 1. The van der Waals surface area contributed by atoms with E-state index < -0.39 is 0 Å². The van der Waals surface area contributed by atoms with Crippen LogP contribution in [0.15, 0.2) is 36.9 Å². The van der Waals surface area contributed by atoms with Gasteiger partial charge in [-0.1, -0.05) is 0 Å². The van der Waals surface area contributed by atoms with Gasteiger partial charge in [-0.25, -0.2) is 4.98 Å². The summed E-state index contributed by atoms with van der Waals surface area (Å²) in [6.07, 6.45) is 5.23. The van der Waals surface area contributed by atoms with Gasteiger partial charge in [0, 0.05) is 42.4 Å². The predicted octanol–water partition coefficient (Wildman–Crippen LogP) is 0.477. The fourth-order valence-corrected chi connectivity index (χ4v) is 1.63. The predicted molar refractivity (Wildman–Crippen MR) is 69.8 cm³/mol. The highest BCUT2D eigenvalue weighted by Crippen LogP contribution is 2.13. The van der Waals surface area contributed by atoms with Crippen molar-refractivity contribution in [2.24, 2.45) is 0 Å². The van der Waals surface area contributed by atoms with Crippen molar-refractivity contribution in [3.63, 3.8) is 0 Å². The summed E-state index contributed by atoms with van der Waals surface area (Å²) in [7, 11) is 0. The molecule has 0 aliphatic heterocycles. The molecule has 1 aromatic carbocycles. The summed E-state index contributed by atoms with van der Waals surface area (Å²) < 4.78 is 1.88. The minimum atomic E-state index is -0.186. The average molecular weight is 245 g/mol.